The normalized spacial score (nSPS) is 10.8. The van der Waals surface area contributed by atoms with Crippen molar-refractivity contribution < 1.29 is 20.1 Å². The number of hydrogen-bond donors (Lipinski definition) is 0. The second-order valence-electron chi connectivity index (χ2n) is 5.59. The third-order valence-electron chi connectivity index (χ3n) is 3.90. The zero-order valence-electron chi connectivity index (χ0n) is 13.5. The predicted octanol–water partition coefficient (Wildman–Crippen LogP) is 4.27. The van der Waals surface area contributed by atoms with Gasteiger partial charge in [-0.15, -0.1) is 40.2 Å². The van der Waals surface area contributed by atoms with Crippen molar-refractivity contribution in [1.82, 2.24) is 19.7 Å². The Kier molecular flexibility index (Phi) is 4.63. The zero-order valence-corrected chi connectivity index (χ0v) is 16.7. The first-order valence-electron chi connectivity index (χ1n) is 7.39. The van der Waals surface area contributed by atoms with E-state index in [-0.39, 0.29) is 20.1 Å². The molecule has 1 radical (unpaired) electrons. The first kappa shape index (κ1) is 17.0. The van der Waals surface area contributed by atoms with Crippen LogP contribution in [0.25, 0.3) is 27.3 Å². The van der Waals surface area contributed by atoms with Crippen molar-refractivity contribution >= 4 is 21.6 Å². The summed E-state index contributed by atoms with van der Waals surface area (Å²) in [4.78, 5) is 4.49. The molecule has 0 aliphatic carbocycles. The average Bonchev–Trinajstić information content (AvgIpc) is 3.11. The second-order valence-corrected chi connectivity index (χ2v) is 6.83. The summed E-state index contributed by atoms with van der Waals surface area (Å²) in [5, 5.41) is 9.50. The second kappa shape index (κ2) is 6.55. The van der Waals surface area contributed by atoms with E-state index in [1.807, 2.05) is 17.6 Å². The van der Waals surface area contributed by atoms with Gasteiger partial charge in [0.15, 0.2) is 0 Å². The van der Waals surface area contributed by atoms with Gasteiger partial charge in [0.2, 0.25) is 0 Å². The molecular weight excluding hydrogens is 497 g/mol. The SMILES string of the molecule is Cc1nc2c[c-]c(-c3nncn3-c3c(C)cccc3C)cc2s1.[Ir]. The van der Waals surface area contributed by atoms with E-state index in [0.717, 1.165) is 32.3 Å². The maximum absolute atomic E-state index is 4.49. The minimum Gasteiger partial charge on any atom is -0.322 e. The average molecular weight is 512 g/mol. The van der Waals surface area contributed by atoms with Crippen LogP contribution in [-0.4, -0.2) is 19.7 Å². The summed E-state index contributed by atoms with van der Waals surface area (Å²) in [6.07, 6.45) is 1.76. The fourth-order valence-electron chi connectivity index (χ4n) is 2.88. The molecule has 0 aliphatic heterocycles. The minimum absolute atomic E-state index is 0. The summed E-state index contributed by atoms with van der Waals surface area (Å²) in [5.41, 5.74) is 5.43. The van der Waals surface area contributed by atoms with Crippen LogP contribution in [0, 0.1) is 26.8 Å². The summed E-state index contributed by atoms with van der Waals surface area (Å²) >= 11 is 1.68. The first-order valence-corrected chi connectivity index (χ1v) is 8.21. The Labute approximate surface area is 157 Å². The molecule has 2 aromatic heterocycles. The monoisotopic (exact) mass is 512 g/mol. The van der Waals surface area contributed by atoms with Gasteiger partial charge >= 0.3 is 0 Å². The van der Waals surface area contributed by atoms with Crippen LogP contribution >= 0.6 is 11.3 Å². The number of aromatic nitrogens is 4. The number of hydrogen-bond acceptors (Lipinski definition) is 4. The molecule has 4 aromatic rings. The summed E-state index contributed by atoms with van der Waals surface area (Å²) in [7, 11) is 0. The molecule has 0 bridgehead atoms. The number of nitrogens with zero attached hydrogens (tertiary/aromatic N) is 4. The zero-order chi connectivity index (χ0) is 16.0. The van der Waals surface area contributed by atoms with Crippen molar-refractivity contribution in [2.75, 3.05) is 0 Å². The summed E-state index contributed by atoms with van der Waals surface area (Å²) in [6.45, 7) is 6.22. The number of rotatable bonds is 2. The Morgan fingerprint density at radius 1 is 1.12 bits per heavy atom. The van der Waals surface area contributed by atoms with Gasteiger partial charge in [0, 0.05) is 25.8 Å². The van der Waals surface area contributed by atoms with E-state index >= 15 is 0 Å². The summed E-state index contributed by atoms with van der Waals surface area (Å²) < 4.78 is 3.18. The van der Waals surface area contributed by atoms with Gasteiger partial charge in [0.05, 0.1) is 10.8 Å². The van der Waals surface area contributed by atoms with Crippen molar-refractivity contribution in [1.29, 1.82) is 0 Å². The predicted molar refractivity (Wildman–Crippen MR) is 93.0 cm³/mol. The number of aryl methyl sites for hydroxylation is 3. The topological polar surface area (TPSA) is 43.6 Å². The summed E-state index contributed by atoms with van der Waals surface area (Å²) in [6, 6.07) is 13.6. The molecule has 2 heterocycles. The Bertz CT molecular complexity index is 999. The molecule has 0 saturated carbocycles. The van der Waals surface area contributed by atoms with E-state index in [2.05, 4.69) is 59.4 Å². The number of para-hydroxylation sites is 1. The molecule has 0 N–H and O–H groups in total. The number of benzene rings is 2. The van der Waals surface area contributed by atoms with Crippen LogP contribution in [0.5, 0.6) is 0 Å². The molecule has 123 valence electrons. The third-order valence-corrected chi connectivity index (χ3v) is 4.83. The number of thiazole rings is 1. The van der Waals surface area contributed by atoms with Crippen molar-refractivity contribution in [3.05, 3.63) is 58.9 Å². The molecule has 0 saturated heterocycles. The molecule has 0 spiro atoms. The van der Waals surface area contributed by atoms with Crippen molar-refractivity contribution in [3.8, 4) is 17.1 Å². The van der Waals surface area contributed by atoms with Gasteiger partial charge in [0.1, 0.15) is 6.33 Å². The van der Waals surface area contributed by atoms with Gasteiger partial charge in [-0.2, -0.15) is 5.10 Å². The molecule has 0 unspecified atom stereocenters. The van der Waals surface area contributed by atoms with Crippen molar-refractivity contribution in [3.63, 3.8) is 0 Å². The van der Waals surface area contributed by atoms with E-state index in [0.29, 0.717) is 0 Å². The molecule has 2 aromatic carbocycles. The molecule has 4 nitrogen and oxygen atoms in total. The Morgan fingerprint density at radius 3 is 2.62 bits per heavy atom. The van der Waals surface area contributed by atoms with Crippen LogP contribution in [0.15, 0.2) is 36.7 Å². The van der Waals surface area contributed by atoms with E-state index in [1.54, 1.807) is 17.7 Å². The maximum atomic E-state index is 4.49. The maximum Gasteiger partial charge on any atom is 0.114 e. The van der Waals surface area contributed by atoms with Gasteiger partial charge in [-0.3, -0.25) is 4.98 Å². The molecule has 0 fully saturated rings. The third kappa shape index (κ3) is 2.81. The van der Waals surface area contributed by atoms with Crippen LogP contribution in [0.2, 0.25) is 0 Å². The first-order chi connectivity index (χ1) is 11.1. The van der Waals surface area contributed by atoms with Crippen LogP contribution in [0.3, 0.4) is 0 Å². The molecule has 0 atom stereocenters. The fourth-order valence-corrected chi connectivity index (χ4v) is 3.73. The smallest absolute Gasteiger partial charge is 0.114 e. The fraction of sp³-hybridized carbons (Fsp3) is 0.167. The molecular formula is C18H15IrN4S-. The van der Waals surface area contributed by atoms with Crippen molar-refractivity contribution in [2.45, 2.75) is 20.8 Å². The Hall–Kier alpha value is -1.88. The van der Waals surface area contributed by atoms with Gasteiger partial charge < -0.3 is 4.57 Å². The molecule has 0 aliphatic rings. The van der Waals surface area contributed by atoms with Crippen LogP contribution < -0.4 is 0 Å². The minimum atomic E-state index is 0. The molecule has 0 amide bonds. The largest absolute Gasteiger partial charge is 0.322 e. The molecule has 6 heteroatoms. The Balaban J connectivity index is 0.00000169. The summed E-state index contributed by atoms with van der Waals surface area (Å²) in [5.74, 6) is 0.801. The van der Waals surface area contributed by atoms with Crippen molar-refractivity contribution in [2.24, 2.45) is 0 Å². The van der Waals surface area contributed by atoms with E-state index in [4.69, 9.17) is 0 Å². The number of fused-ring (bicyclic) bond motifs is 1. The quantitative estimate of drug-likeness (QED) is 0.378. The van der Waals surface area contributed by atoms with Crippen LogP contribution in [0.4, 0.5) is 0 Å². The van der Waals surface area contributed by atoms with Gasteiger partial charge in [-0.25, -0.2) is 0 Å². The van der Waals surface area contributed by atoms with Gasteiger partial charge in [-0.1, -0.05) is 18.2 Å². The standard InChI is InChI=1S/C18H15N4S.Ir/c1-11-5-4-6-12(2)17(11)22-10-19-21-18(22)14-7-8-15-16(9-14)23-13(3)20-15;/h4-6,8-10H,1-3H3;/q-1;. The van der Waals surface area contributed by atoms with E-state index < -0.39 is 0 Å². The molecule has 4 rings (SSSR count). The Morgan fingerprint density at radius 2 is 1.88 bits per heavy atom. The van der Waals surface area contributed by atoms with Crippen LogP contribution in [0.1, 0.15) is 16.1 Å². The van der Waals surface area contributed by atoms with Gasteiger partial charge in [-0.05, 0) is 42.1 Å². The van der Waals surface area contributed by atoms with E-state index in [9.17, 15) is 0 Å². The van der Waals surface area contributed by atoms with E-state index in [1.165, 1.54) is 11.1 Å². The van der Waals surface area contributed by atoms with Gasteiger partial charge in [0.25, 0.3) is 0 Å². The van der Waals surface area contributed by atoms with Crippen LogP contribution in [-0.2, 0) is 20.1 Å². The molecule has 24 heavy (non-hydrogen) atoms.